The third kappa shape index (κ3) is 6.17. The van der Waals surface area contributed by atoms with Gasteiger partial charge in [0.1, 0.15) is 0 Å². The van der Waals surface area contributed by atoms with Gasteiger partial charge in [-0.1, -0.05) is 12.1 Å². The number of rotatable bonds is 6. The second kappa shape index (κ2) is 10.2. The normalized spacial score (nSPS) is 14.8. The van der Waals surface area contributed by atoms with Crippen LogP contribution in [0.1, 0.15) is 25.3 Å². The van der Waals surface area contributed by atoms with E-state index in [1.54, 1.807) is 25.2 Å². The van der Waals surface area contributed by atoms with Gasteiger partial charge in [0.05, 0.1) is 15.3 Å². The number of nitrogens with one attached hydrogen (secondary N) is 1. The van der Waals surface area contributed by atoms with E-state index in [1.165, 1.54) is 0 Å². The summed E-state index contributed by atoms with van der Waals surface area (Å²) in [5, 5.41) is 13.1. The molecule has 0 bridgehead atoms. The van der Waals surface area contributed by atoms with Crippen molar-refractivity contribution in [2.24, 2.45) is 5.41 Å². The average Bonchev–Trinajstić information content (AvgIpc) is 3.16. The minimum Gasteiger partial charge on any atom is -0.481 e. The summed E-state index contributed by atoms with van der Waals surface area (Å²) < 4.78 is 0. The lowest BCUT2D eigenvalue weighted by atomic mass is 9.88. The van der Waals surface area contributed by atoms with Crippen LogP contribution in [0.2, 0.25) is 0 Å². The van der Waals surface area contributed by atoms with Crippen molar-refractivity contribution in [1.29, 1.82) is 0 Å². The minimum atomic E-state index is -0.788. The number of aromatic nitrogens is 1. The molecule has 3 rings (SSSR count). The smallest absolute Gasteiger partial charge is 0.321 e. The zero-order valence-corrected chi connectivity index (χ0v) is 19.2. The van der Waals surface area contributed by atoms with E-state index in [0.29, 0.717) is 12.8 Å². The number of carbonyl (C=O) groups excluding carboxylic acids is 1. The van der Waals surface area contributed by atoms with Crippen LogP contribution in [-0.4, -0.2) is 65.1 Å². The van der Waals surface area contributed by atoms with Gasteiger partial charge in [0.15, 0.2) is 0 Å². The summed E-state index contributed by atoms with van der Waals surface area (Å²) >= 11 is 1.58. The van der Waals surface area contributed by atoms with Crippen LogP contribution < -0.4 is 5.32 Å². The number of piperazine rings is 1. The van der Waals surface area contributed by atoms with Crippen LogP contribution in [-0.2, 0) is 11.2 Å². The molecule has 1 saturated heterocycles. The molecule has 1 aliphatic heterocycles. The fourth-order valence-electron chi connectivity index (χ4n) is 3.02. The molecule has 1 fully saturated rings. The monoisotopic (exact) mass is 452 g/mol. The zero-order chi connectivity index (χ0) is 21.0. The van der Waals surface area contributed by atoms with Gasteiger partial charge in [-0.25, -0.2) is 9.78 Å². The summed E-state index contributed by atoms with van der Waals surface area (Å²) in [4.78, 5) is 33.1. The Balaban J connectivity index is 0.00000320. The number of halogens is 1. The number of thiazole rings is 1. The zero-order valence-electron chi connectivity index (χ0n) is 17.6. The Morgan fingerprint density at radius 1 is 1.17 bits per heavy atom. The maximum Gasteiger partial charge on any atom is 0.321 e. The number of carboxylic acids is 1. The highest BCUT2D eigenvalue weighted by Crippen LogP contribution is 2.30. The van der Waals surface area contributed by atoms with Gasteiger partial charge < -0.3 is 20.2 Å². The Kier molecular flexibility index (Phi) is 8.23. The number of aryl methyl sites for hydroxylation is 1. The van der Waals surface area contributed by atoms with E-state index in [9.17, 15) is 14.7 Å². The molecule has 2 amide bonds. The molecule has 2 N–H and O–H groups in total. The Hall–Kier alpha value is -2.16. The molecule has 0 spiro atoms. The van der Waals surface area contributed by atoms with E-state index >= 15 is 0 Å². The first-order chi connectivity index (χ1) is 13.7. The highest BCUT2D eigenvalue weighted by Gasteiger charge is 2.27. The molecule has 164 valence electrons. The number of carboxylic acid groups (broad SMARTS) is 1. The van der Waals surface area contributed by atoms with Crippen molar-refractivity contribution in [3.63, 3.8) is 0 Å². The molecule has 9 heteroatoms. The van der Waals surface area contributed by atoms with Crippen LogP contribution in [0, 0.1) is 5.41 Å². The number of nitrogens with zero attached hydrogens (tertiary/aromatic N) is 3. The topological polar surface area (TPSA) is 85.8 Å². The van der Waals surface area contributed by atoms with Gasteiger partial charge in [0.2, 0.25) is 0 Å². The summed E-state index contributed by atoms with van der Waals surface area (Å²) in [7, 11) is 2.06. The number of likely N-dealkylation sites (N-methyl/N-ethyl adjacent to an activating group) is 1. The standard InChI is InChI=1S/C21H28N4O3S.ClH/c1-21(2,19(26)27)9-8-18-22-14-17(29-18)15-4-6-16(7-5-15)23-20(28)25-12-10-24(3)11-13-25;/h4-7,14H,8-13H2,1-3H3,(H,23,28)(H,26,27);1H. The molecule has 0 radical (unpaired) electrons. The molecular formula is C21H29ClN4O3S. The molecule has 0 atom stereocenters. The van der Waals surface area contributed by atoms with Crippen LogP contribution in [0.5, 0.6) is 0 Å². The lowest BCUT2D eigenvalue weighted by Crippen LogP contribution is -2.48. The number of benzene rings is 1. The third-order valence-corrected chi connectivity index (χ3v) is 6.41. The van der Waals surface area contributed by atoms with Gasteiger partial charge in [-0.2, -0.15) is 0 Å². The fraction of sp³-hybridized carbons (Fsp3) is 0.476. The third-order valence-electron chi connectivity index (χ3n) is 5.31. The molecule has 2 heterocycles. The van der Waals surface area contributed by atoms with Crippen LogP contribution in [0.15, 0.2) is 30.5 Å². The summed E-state index contributed by atoms with van der Waals surface area (Å²) in [6.45, 7) is 6.73. The van der Waals surface area contributed by atoms with Gasteiger partial charge in [-0.05, 0) is 45.0 Å². The van der Waals surface area contributed by atoms with Crippen LogP contribution in [0.25, 0.3) is 10.4 Å². The summed E-state index contributed by atoms with van der Waals surface area (Å²) in [6.07, 6.45) is 3.02. The summed E-state index contributed by atoms with van der Waals surface area (Å²) in [5.41, 5.74) is 1.05. The predicted octanol–water partition coefficient (Wildman–Crippen LogP) is 4.05. The first-order valence-corrected chi connectivity index (χ1v) is 10.6. The second-order valence-corrected chi connectivity index (χ2v) is 9.22. The number of hydrogen-bond donors (Lipinski definition) is 2. The number of hydrogen-bond acceptors (Lipinski definition) is 5. The maximum atomic E-state index is 12.4. The number of carbonyl (C=O) groups is 2. The molecule has 30 heavy (non-hydrogen) atoms. The first kappa shape index (κ1) is 24.1. The minimum absolute atomic E-state index is 0. The van der Waals surface area contributed by atoms with E-state index in [2.05, 4.69) is 22.2 Å². The van der Waals surface area contributed by atoms with Gasteiger partial charge in [0, 0.05) is 44.5 Å². The number of urea groups is 1. The lowest BCUT2D eigenvalue weighted by molar-refractivity contribution is -0.147. The van der Waals surface area contributed by atoms with Crippen molar-refractivity contribution in [1.82, 2.24) is 14.8 Å². The summed E-state index contributed by atoms with van der Waals surface area (Å²) in [5.74, 6) is -0.788. The van der Waals surface area contributed by atoms with E-state index in [-0.39, 0.29) is 18.4 Å². The highest BCUT2D eigenvalue weighted by atomic mass is 35.5. The van der Waals surface area contributed by atoms with Gasteiger partial charge in [-0.15, -0.1) is 23.7 Å². The van der Waals surface area contributed by atoms with Crippen LogP contribution >= 0.6 is 23.7 Å². The Morgan fingerprint density at radius 3 is 2.40 bits per heavy atom. The molecular weight excluding hydrogens is 424 g/mol. The SMILES string of the molecule is CN1CCN(C(=O)Nc2ccc(-c3cnc(CCC(C)(C)C(=O)O)s3)cc2)CC1.Cl. The van der Waals surface area contributed by atoms with E-state index in [0.717, 1.165) is 47.3 Å². The molecule has 7 nitrogen and oxygen atoms in total. The van der Waals surface area contributed by atoms with Crippen molar-refractivity contribution < 1.29 is 14.7 Å². The van der Waals surface area contributed by atoms with Crippen molar-refractivity contribution in [3.05, 3.63) is 35.5 Å². The van der Waals surface area contributed by atoms with Crippen molar-refractivity contribution >= 4 is 41.4 Å². The molecule has 0 aliphatic carbocycles. The van der Waals surface area contributed by atoms with Crippen molar-refractivity contribution in [2.45, 2.75) is 26.7 Å². The average molecular weight is 453 g/mol. The Labute approximate surface area is 187 Å². The van der Waals surface area contributed by atoms with E-state index in [1.807, 2.05) is 35.4 Å². The maximum absolute atomic E-state index is 12.4. The fourth-order valence-corrected chi connectivity index (χ4v) is 3.94. The van der Waals surface area contributed by atoms with Gasteiger partial charge in [-0.3, -0.25) is 4.79 Å². The number of amides is 2. The first-order valence-electron chi connectivity index (χ1n) is 9.77. The van der Waals surface area contributed by atoms with Gasteiger partial charge >= 0.3 is 12.0 Å². The number of aliphatic carboxylic acids is 1. The van der Waals surface area contributed by atoms with E-state index in [4.69, 9.17) is 0 Å². The molecule has 1 aliphatic rings. The van der Waals surface area contributed by atoms with Crippen molar-refractivity contribution in [2.75, 3.05) is 38.5 Å². The second-order valence-electron chi connectivity index (χ2n) is 8.11. The lowest BCUT2D eigenvalue weighted by Gasteiger charge is -2.32. The Bertz CT molecular complexity index is 861. The largest absolute Gasteiger partial charge is 0.481 e. The Morgan fingerprint density at radius 2 is 1.80 bits per heavy atom. The quantitative estimate of drug-likeness (QED) is 0.690. The van der Waals surface area contributed by atoms with Crippen LogP contribution in [0.4, 0.5) is 10.5 Å². The van der Waals surface area contributed by atoms with E-state index < -0.39 is 11.4 Å². The number of anilines is 1. The predicted molar refractivity (Wildman–Crippen MR) is 123 cm³/mol. The molecule has 0 unspecified atom stereocenters. The summed E-state index contributed by atoms with van der Waals surface area (Å²) in [6, 6.07) is 7.68. The molecule has 0 saturated carbocycles. The molecule has 2 aromatic rings. The van der Waals surface area contributed by atoms with Crippen LogP contribution in [0.3, 0.4) is 0 Å². The molecule has 1 aromatic heterocycles. The highest BCUT2D eigenvalue weighted by molar-refractivity contribution is 7.15. The van der Waals surface area contributed by atoms with Gasteiger partial charge in [0.25, 0.3) is 0 Å². The van der Waals surface area contributed by atoms with Crippen molar-refractivity contribution in [3.8, 4) is 10.4 Å². The molecule has 1 aromatic carbocycles.